The van der Waals surface area contributed by atoms with Gasteiger partial charge in [0.25, 0.3) is 5.91 Å². The number of rotatable bonds is 5. The van der Waals surface area contributed by atoms with Crippen LogP contribution in [0.4, 0.5) is 25.4 Å². The number of carbonyl (C=O) groups excluding carboxylic acids is 3. The monoisotopic (exact) mass is 507 g/mol. The van der Waals surface area contributed by atoms with Crippen LogP contribution in [0.3, 0.4) is 0 Å². The summed E-state index contributed by atoms with van der Waals surface area (Å²) in [6, 6.07) is 1.18. The van der Waals surface area contributed by atoms with Crippen LogP contribution in [0.25, 0.3) is 0 Å². The lowest BCUT2D eigenvalue weighted by molar-refractivity contribution is 0.0480. The van der Waals surface area contributed by atoms with Gasteiger partial charge in [-0.05, 0) is 79.4 Å². The van der Waals surface area contributed by atoms with Crippen LogP contribution in [0.2, 0.25) is 0 Å². The van der Waals surface area contributed by atoms with Crippen molar-refractivity contribution < 1.29 is 28.2 Å². The van der Waals surface area contributed by atoms with E-state index in [4.69, 9.17) is 9.47 Å². The van der Waals surface area contributed by atoms with Crippen molar-refractivity contribution in [2.45, 2.75) is 91.0 Å². The summed E-state index contributed by atoms with van der Waals surface area (Å²) in [4.78, 5) is 38.9. The highest BCUT2D eigenvalue weighted by Crippen LogP contribution is 2.37. The van der Waals surface area contributed by atoms with Crippen molar-refractivity contribution in [3.8, 4) is 0 Å². The molecular weight excluding hydrogens is 469 g/mol. The number of benzene rings is 1. The summed E-state index contributed by atoms with van der Waals surface area (Å²) in [6.07, 6.45) is 1.21. The quantitative estimate of drug-likeness (QED) is 0.445. The molecule has 200 valence electrons. The van der Waals surface area contributed by atoms with E-state index in [2.05, 4.69) is 21.5 Å². The van der Waals surface area contributed by atoms with Crippen molar-refractivity contribution in [2.75, 3.05) is 23.3 Å². The molecule has 1 unspecified atom stereocenters. The molecule has 0 radical (unpaired) electrons. The maximum absolute atomic E-state index is 15.4. The Morgan fingerprint density at radius 2 is 1.56 bits per heavy atom. The zero-order valence-electron chi connectivity index (χ0n) is 22.1. The first kappa shape index (κ1) is 27.3. The van der Waals surface area contributed by atoms with Gasteiger partial charge in [-0.2, -0.15) is 0 Å². The van der Waals surface area contributed by atoms with Gasteiger partial charge in [0.2, 0.25) is 0 Å². The molecule has 11 heteroatoms. The van der Waals surface area contributed by atoms with E-state index < -0.39 is 35.1 Å². The molecule has 1 atom stereocenters. The first-order chi connectivity index (χ1) is 16.6. The second kappa shape index (κ2) is 10.4. The fourth-order valence-electron chi connectivity index (χ4n) is 3.99. The van der Waals surface area contributed by atoms with E-state index in [0.29, 0.717) is 36.4 Å². The molecule has 3 amide bonds. The highest BCUT2D eigenvalue weighted by atomic mass is 19.1. The molecule has 0 spiro atoms. The van der Waals surface area contributed by atoms with Gasteiger partial charge in [-0.15, -0.1) is 0 Å². The fraction of sp³-hybridized carbons (Fsp3) is 0.640. The maximum atomic E-state index is 15.4. The Balaban J connectivity index is 1.76. The summed E-state index contributed by atoms with van der Waals surface area (Å²) < 4.78 is 25.9. The Kier molecular flexibility index (Phi) is 7.90. The lowest BCUT2D eigenvalue weighted by Gasteiger charge is -2.26. The Bertz CT molecular complexity index is 1010. The Hall–Kier alpha value is -3.24. The highest BCUT2D eigenvalue weighted by Gasteiger charge is 2.32. The molecule has 4 N–H and O–H groups in total. The third-order valence-corrected chi connectivity index (χ3v) is 5.57. The van der Waals surface area contributed by atoms with Gasteiger partial charge in [-0.25, -0.2) is 19.4 Å². The molecule has 1 heterocycles. The van der Waals surface area contributed by atoms with E-state index in [0.717, 1.165) is 12.8 Å². The highest BCUT2D eigenvalue weighted by molar-refractivity contribution is 6.02. The Morgan fingerprint density at radius 3 is 2.14 bits per heavy atom. The van der Waals surface area contributed by atoms with Gasteiger partial charge in [0, 0.05) is 19.1 Å². The summed E-state index contributed by atoms with van der Waals surface area (Å²) in [5.74, 6) is -1.22. The summed E-state index contributed by atoms with van der Waals surface area (Å²) in [7, 11) is 0. The van der Waals surface area contributed by atoms with Crippen LogP contribution in [-0.2, 0) is 9.47 Å². The Morgan fingerprint density at radius 1 is 0.944 bits per heavy atom. The number of anilines is 2. The number of alkyl carbamates (subject to hydrolysis) is 1. The van der Waals surface area contributed by atoms with E-state index in [9.17, 15) is 14.4 Å². The number of nitrogens with one attached hydrogen (secondary N) is 4. The summed E-state index contributed by atoms with van der Waals surface area (Å²) in [6.45, 7) is 13.2. The van der Waals surface area contributed by atoms with Crippen LogP contribution in [0.15, 0.2) is 6.07 Å². The predicted octanol–water partition coefficient (Wildman–Crippen LogP) is 3.98. The van der Waals surface area contributed by atoms with Gasteiger partial charge in [-0.3, -0.25) is 10.2 Å². The van der Waals surface area contributed by atoms with Gasteiger partial charge < -0.3 is 25.0 Å². The van der Waals surface area contributed by atoms with Crippen molar-refractivity contribution in [3.63, 3.8) is 0 Å². The smallest absolute Gasteiger partial charge is 0.426 e. The van der Waals surface area contributed by atoms with E-state index in [-0.39, 0.29) is 17.6 Å². The van der Waals surface area contributed by atoms with Crippen LogP contribution in [0.1, 0.15) is 76.7 Å². The van der Waals surface area contributed by atoms with Gasteiger partial charge in [0.1, 0.15) is 17.0 Å². The zero-order chi connectivity index (χ0) is 26.8. The van der Waals surface area contributed by atoms with Gasteiger partial charge in [0.05, 0.1) is 23.0 Å². The molecule has 1 saturated heterocycles. The minimum atomic E-state index is -0.818. The summed E-state index contributed by atoms with van der Waals surface area (Å²) in [5.41, 5.74) is 4.73. The van der Waals surface area contributed by atoms with E-state index in [1.165, 1.54) is 6.07 Å². The molecule has 0 aromatic heterocycles. The molecule has 1 aromatic rings. The van der Waals surface area contributed by atoms with Crippen molar-refractivity contribution in [2.24, 2.45) is 0 Å². The second-order valence-electron chi connectivity index (χ2n) is 11.3. The summed E-state index contributed by atoms with van der Waals surface area (Å²) in [5, 5.41) is 6.18. The number of halogens is 1. The molecule has 10 nitrogen and oxygen atoms in total. The molecule has 3 rings (SSSR count). The molecule has 36 heavy (non-hydrogen) atoms. The number of ether oxygens (including phenoxy) is 2. The van der Waals surface area contributed by atoms with Crippen molar-refractivity contribution >= 4 is 29.5 Å². The Labute approximate surface area is 211 Å². The lowest BCUT2D eigenvalue weighted by Crippen LogP contribution is -2.44. The lowest BCUT2D eigenvalue weighted by atomic mass is 10.0. The number of hydrogen-bond acceptors (Lipinski definition) is 7. The molecule has 1 aliphatic heterocycles. The number of hydrogen-bond donors (Lipinski definition) is 4. The predicted molar refractivity (Wildman–Crippen MR) is 135 cm³/mol. The van der Waals surface area contributed by atoms with Crippen molar-refractivity contribution in [1.29, 1.82) is 0 Å². The number of amides is 3. The molecule has 1 saturated carbocycles. The summed E-state index contributed by atoms with van der Waals surface area (Å²) >= 11 is 0. The van der Waals surface area contributed by atoms with Crippen LogP contribution in [-0.4, -0.2) is 54.5 Å². The average Bonchev–Trinajstić information content (AvgIpc) is 3.43. The third kappa shape index (κ3) is 7.63. The van der Waals surface area contributed by atoms with Crippen LogP contribution < -0.4 is 26.4 Å². The van der Waals surface area contributed by atoms with E-state index >= 15 is 4.39 Å². The first-order valence-corrected chi connectivity index (χ1v) is 12.3. The standard InChI is InChI=1S/C25H38FN5O5/c1-14-19(27-15-8-9-15)17(21(32)29-30-23(34)36-25(5,6)7)12-18(26)20(14)31-11-10-16(13-31)28-22(33)35-24(2,3)4/h12,15-16,27H,8-11,13H2,1-7H3,(H,28,33)(H,29,32)(H,30,34). The molecule has 2 fully saturated rings. The topological polar surface area (TPSA) is 121 Å². The average molecular weight is 508 g/mol. The van der Waals surface area contributed by atoms with Gasteiger partial charge in [0.15, 0.2) is 0 Å². The first-order valence-electron chi connectivity index (χ1n) is 12.3. The molecule has 1 aromatic carbocycles. The van der Waals surface area contributed by atoms with Gasteiger partial charge >= 0.3 is 12.2 Å². The maximum Gasteiger partial charge on any atom is 0.426 e. The minimum absolute atomic E-state index is 0.0827. The third-order valence-electron chi connectivity index (χ3n) is 5.57. The molecule has 0 bridgehead atoms. The minimum Gasteiger partial charge on any atom is -0.444 e. The molecule has 2 aliphatic rings. The van der Waals surface area contributed by atoms with Crippen LogP contribution >= 0.6 is 0 Å². The zero-order valence-corrected chi connectivity index (χ0v) is 22.1. The normalized spacial score (nSPS) is 17.9. The van der Waals surface area contributed by atoms with Crippen LogP contribution in [0.5, 0.6) is 0 Å². The number of carbonyl (C=O) groups is 3. The molecular formula is C25H38FN5O5. The number of nitrogens with zero attached hydrogens (tertiary/aromatic N) is 1. The van der Waals surface area contributed by atoms with E-state index in [1.807, 2.05) is 4.90 Å². The van der Waals surface area contributed by atoms with Crippen LogP contribution in [0, 0.1) is 12.7 Å². The largest absolute Gasteiger partial charge is 0.444 e. The SMILES string of the molecule is Cc1c(NC2CC2)c(C(=O)NNC(=O)OC(C)(C)C)cc(F)c1N1CCC(NC(=O)OC(C)(C)C)C1. The van der Waals surface area contributed by atoms with Crippen molar-refractivity contribution in [3.05, 3.63) is 23.0 Å². The van der Waals surface area contributed by atoms with E-state index in [1.54, 1.807) is 48.5 Å². The fourth-order valence-corrected chi connectivity index (χ4v) is 3.99. The number of hydrazine groups is 1. The second-order valence-corrected chi connectivity index (χ2v) is 11.3. The van der Waals surface area contributed by atoms with Crippen molar-refractivity contribution in [1.82, 2.24) is 16.2 Å². The molecule has 1 aliphatic carbocycles. The van der Waals surface area contributed by atoms with Gasteiger partial charge in [-0.1, -0.05) is 0 Å².